The van der Waals surface area contributed by atoms with Gasteiger partial charge in [-0.2, -0.15) is 0 Å². The van der Waals surface area contributed by atoms with E-state index in [4.69, 9.17) is 27.7 Å². The lowest BCUT2D eigenvalue weighted by Crippen LogP contribution is -2.59. The number of nitrogens with zero attached hydrogens (tertiary/aromatic N) is 3. The molecule has 0 aromatic heterocycles. The first-order chi connectivity index (χ1) is 34.8. The van der Waals surface area contributed by atoms with Crippen molar-refractivity contribution in [2.24, 2.45) is 50.7 Å². The number of amides is 7. The maximum Gasteiger partial charge on any atom is 0.327 e. The fraction of sp³-hybridized carbons (Fsp3) is 0.531. The predicted octanol–water partition coefficient (Wildman–Crippen LogP) is -1.37. The number of carboxylic acid groups (broad SMARTS) is 2. The molecule has 0 spiro atoms. The van der Waals surface area contributed by atoms with Gasteiger partial charge in [0, 0.05) is 39.6 Å². The van der Waals surface area contributed by atoms with Gasteiger partial charge in [0.25, 0.3) is 5.91 Å². The third kappa shape index (κ3) is 21.1. The summed E-state index contributed by atoms with van der Waals surface area (Å²) in [4.78, 5) is 130. The summed E-state index contributed by atoms with van der Waals surface area (Å²) in [6, 6.07) is 0.633. The summed E-state index contributed by atoms with van der Waals surface area (Å²) in [5.74, 6) is -13.1. The van der Waals surface area contributed by atoms with E-state index in [9.17, 15) is 53.4 Å². The largest absolute Gasteiger partial charge is 0.480 e. The molecular weight excluding hydrogens is 963 g/mol. The topological polar surface area (TPSA) is 408 Å². The molecule has 1 fully saturated rings. The van der Waals surface area contributed by atoms with Crippen LogP contribution in [0.4, 0.5) is 0 Å². The summed E-state index contributed by atoms with van der Waals surface area (Å²) < 4.78 is 5.81. The van der Waals surface area contributed by atoms with Crippen molar-refractivity contribution >= 4 is 65.2 Å². The van der Waals surface area contributed by atoms with Crippen molar-refractivity contribution in [3.8, 4) is 0 Å². The molecular formula is C49H75N13O12. The van der Waals surface area contributed by atoms with Gasteiger partial charge in [-0.05, 0) is 57.9 Å². The number of carbonyl (C=O) groups is 9. The second-order valence-electron chi connectivity index (χ2n) is 18.1. The minimum atomic E-state index is -1.95. The van der Waals surface area contributed by atoms with Crippen molar-refractivity contribution in [2.75, 3.05) is 27.2 Å². The van der Waals surface area contributed by atoms with Gasteiger partial charge >= 0.3 is 11.9 Å². The van der Waals surface area contributed by atoms with Crippen LogP contribution in [0.1, 0.15) is 78.7 Å². The predicted molar refractivity (Wildman–Crippen MR) is 275 cm³/mol. The molecule has 25 nitrogen and oxygen atoms in total. The molecule has 0 saturated carbocycles. The van der Waals surface area contributed by atoms with E-state index in [0.717, 1.165) is 10.5 Å². The molecule has 2 unspecified atom stereocenters. The Morgan fingerprint density at radius 3 is 1.85 bits per heavy atom. The number of aliphatic carboxylic acids is 2. The lowest BCUT2D eigenvalue weighted by Gasteiger charge is -2.28. The molecule has 1 aliphatic heterocycles. The van der Waals surface area contributed by atoms with Crippen LogP contribution in [0.15, 0.2) is 76.4 Å². The lowest BCUT2D eigenvalue weighted by atomic mass is 9.94. The first-order valence-corrected chi connectivity index (χ1v) is 24.1. The van der Waals surface area contributed by atoms with Gasteiger partial charge in [-0.3, -0.25) is 43.5 Å². The summed E-state index contributed by atoms with van der Waals surface area (Å²) in [6.07, 6.45) is 4.40. The molecule has 1 saturated heterocycles. The molecule has 10 atom stereocenters. The van der Waals surface area contributed by atoms with Gasteiger partial charge in [-0.25, -0.2) is 9.59 Å². The molecule has 1 aliphatic rings. The van der Waals surface area contributed by atoms with Gasteiger partial charge in [-0.15, -0.1) is 0 Å². The Bertz CT molecular complexity index is 2280. The van der Waals surface area contributed by atoms with Gasteiger partial charge in [0.05, 0.1) is 24.0 Å². The zero-order valence-corrected chi connectivity index (χ0v) is 43.1. The summed E-state index contributed by atoms with van der Waals surface area (Å²) in [5, 5.41) is 35.4. The molecule has 1 heterocycles. The average molecular weight is 1040 g/mol. The van der Waals surface area contributed by atoms with Crippen LogP contribution < -0.4 is 54.8 Å². The molecule has 74 heavy (non-hydrogen) atoms. The van der Waals surface area contributed by atoms with Crippen molar-refractivity contribution in [1.82, 2.24) is 36.8 Å². The summed E-state index contributed by atoms with van der Waals surface area (Å²) >= 11 is 0. The number of guanidine groups is 2. The minimum absolute atomic E-state index is 0.00394. The van der Waals surface area contributed by atoms with E-state index < -0.39 is 120 Å². The number of hydrogen-bond acceptors (Lipinski definition) is 12. The Morgan fingerprint density at radius 1 is 0.784 bits per heavy atom. The molecule has 25 heteroatoms. The van der Waals surface area contributed by atoms with E-state index in [1.54, 1.807) is 20.1 Å². The summed E-state index contributed by atoms with van der Waals surface area (Å²) in [7, 11) is 2.80. The zero-order valence-electron chi connectivity index (χ0n) is 43.1. The fourth-order valence-corrected chi connectivity index (χ4v) is 7.53. The monoisotopic (exact) mass is 1040 g/mol. The number of hydrogen-bond donors (Lipinski definition) is 12. The molecule has 1 aromatic rings. The van der Waals surface area contributed by atoms with Crippen molar-refractivity contribution in [3.63, 3.8) is 0 Å². The smallest absolute Gasteiger partial charge is 0.327 e. The third-order valence-electron chi connectivity index (χ3n) is 12.2. The number of allylic oxidation sites excluding steroid dienone is 2. The maximum atomic E-state index is 14.4. The Balaban J connectivity index is 2.74. The highest BCUT2D eigenvalue weighted by Gasteiger charge is 2.37. The number of benzene rings is 1. The highest BCUT2D eigenvalue weighted by atomic mass is 16.5. The van der Waals surface area contributed by atoms with Gasteiger partial charge in [0.1, 0.15) is 35.9 Å². The second-order valence-corrected chi connectivity index (χ2v) is 18.1. The zero-order chi connectivity index (χ0) is 55.8. The van der Waals surface area contributed by atoms with Gasteiger partial charge in [0.2, 0.25) is 35.4 Å². The Morgan fingerprint density at radius 2 is 1.32 bits per heavy atom. The number of aliphatic imine (C=N–C) groups is 2. The summed E-state index contributed by atoms with van der Waals surface area (Å²) in [6.45, 7) is 11.2. The van der Waals surface area contributed by atoms with E-state index in [1.807, 2.05) is 43.3 Å². The number of carbonyl (C=O) groups excluding carboxylic acids is 7. The third-order valence-corrected chi connectivity index (χ3v) is 12.2. The van der Waals surface area contributed by atoms with E-state index in [-0.39, 0.29) is 62.7 Å². The van der Waals surface area contributed by atoms with Crippen molar-refractivity contribution in [3.05, 3.63) is 72.0 Å². The van der Waals surface area contributed by atoms with Crippen LogP contribution in [0.25, 0.3) is 0 Å². The molecule has 1 aromatic carbocycles. The Labute approximate surface area is 430 Å². The van der Waals surface area contributed by atoms with E-state index in [0.29, 0.717) is 12.0 Å². The first-order valence-electron chi connectivity index (χ1n) is 24.1. The summed E-state index contributed by atoms with van der Waals surface area (Å²) in [5.41, 5.74) is 23.2. The SMILES string of the molecule is C=C1C(=O)N[C@H](C)C(=O)N[C@@H](CCCN=C(N)N)C(=O)N[C@@H](C(=O)O)[C@H](C)C(=O)N[C@@H](CCCN=C(N)N)C(=O)N[C@H](/C=C/C(C)=C/C(C)C(Cc2ccccc2)OC)[C@@H](C)C(=O)N[C@@H](C(=O)O)CCC(=O)N1C. The van der Waals surface area contributed by atoms with Gasteiger partial charge in [0.15, 0.2) is 11.9 Å². The number of ether oxygens (including phenoxy) is 1. The second kappa shape index (κ2) is 30.9. The lowest BCUT2D eigenvalue weighted by molar-refractivity contribution is -0.146. The van der Waals surface area contributed by atoms with Crippen LogP contribution in [0, 0.1) is 17.8 Å². The van der Waals surface area contributed by atoms with Crippen LogP contribution in [0.2, 0.25) is 0 Å². The van der Waals surface area contributed by atoms with E-state index in [1.165, 1.54) is 33.9 Å². The first kappa shape index (κ1) is 62.3. The van der Waals surface area contributed by atoms with Crippen molar-refractivity contribution in [1.29, 1.82) is 0 Å². The van der Waals surface area contributed by atoms with E-state index >= 15 is 0 Å². The molecule has 0 radical (unpaired) electrons. The number of methoxy groups -OCH3 is 1. The number of nitrogens with two attached hydrogens (primary N) is 4. The van der Waals surface area contributed by atoms with Crippen molar-refractivity contribution < 1.29 is 58.1 Å². The molecule has 16 N–H and O–H groups in total. The molecule has 2 rings (SSSR count). The molecule has 7 amide bonds. The number of likely N-dealkylation sites (N-methyl/N-ethyl adjacent to an activating group) is 1. The fourth-order valence-electron chi connectivity index (χ4n) is 7.53. The number of carboxylic acids is 2. The van der Waals surface area contributed by atoms with Crippen LogP contribution >= 0.6 is 0 Å². The maximum absolute atomic E-state index is 14.4. The van der Waals surface area contributed by atoms with Gasteiger partial charge < -0.3 is 74.7 Å². The quantitative estimate of drug-likeness (QED) is 0.0281. The minimum Gasteiger partial charge on any atom is -0.480 e. The van der Waals surface area contributed by atoms with Gasteiger partial charge in [-0.1, -0.05) is 81.5 Å². The van der Waals surface area contributed by atoms with Crippen LogP contribution in [-0.2, 0) is 54.3 Å². The molecule has 0 aliphatic carbocycles. The van der Waals surface area contributed by atoms with Crippen LogP contribution in [-0.4, -0.2) is 150 Å². The normalized spacial score (nSPS) is 24.6. The number of nitrogens with one attached hydrogen (secondary N) is 6. The van der Waals surface area contributed by atoms with Crippen LogP contribution in [0.3, 0.4) is 0 Å². The highest BCUT2D eigenvalue weighted by Crippen LogP contribution is 2.19. The molecule has 408 valence electrons. The van der Waals surface area contributed by atoms with Crippen molar-refractivity contribution in [2.45, 2.75) is 122 Å². The van der Waals surface area contributed by atoms with E-state index in [2.05, 4.69) is 48.5 Å². The highest BCUT2D eigenvalue weighted by molar-refractivity contribution is 6.00. The Kier molecular flexibility index (Phi) is 26.0. The Hall–Kier alpha value is -7.83. The standard InChI is InChI=1S/C49H75N13O12/c1-26(24-27(2)37(74-8)25-32-14-10-9-11-15-32)18-19-33-28(3)40(64)60-36(46(70)71)20-21-38(63)62(7)31(6)43(67)56-30(5)42(66)59-35(17-13-23-55-49(52)53)45(69)61-39(47(72)73)29(4)41(65)58-34(44(68)57-33)16-12-22-54-48(50)51/h9-11,14-15,18-19,24,27-30,33-37,39H,6,12-13,16-17,20-23,25H2,1-5,7-8H3,(H,56,67)(H,57,68)(H,58,65)(H,59,66)(H,60,64)(H,61,69)(H,70,71)(H,72,73)(H4,50,51,54)(H4,52,53,55)/b19-18+,26-24+/t27?,28-,29+,30-,33-,34+,35+,36-,37?,39-/m1/s1. The van der Waals surface area contributed by atoms with Crippen LogP contribution in [0.5, 0.6) is 0 Å². The average Bonchev–Trinajstić information content (AvgIpc) is 3.34. The number of rotatable bonds is 17. The molecule has 0 bridgehead atoms.